The summed E-state index contributed by atoms with van der Waals surface area (Å²) in [4.78, 5) is 12.1. The normalized spacial score (nSPS) is 22.3. The van der Waals surface area contributed by atoms with Crippen LogP contribution in [0.1, 0.15) is 42.5 Å². The second kappa shape index (κ2) is 6.38. The Kier molecular flexibility index (Phi) is 4.49. The van der Waals surface area contributed by atoms with Crippen LogP contribution >= 0.6 is 0 Å². The van der Waals surface area contributed by atoms with Crippen LogP contribution in [0.3, 0.4) is 0 Å². The van der Waals surface area contributed by atoms with Crippen molar-refractivity contribution in [3.8, 4) is 0 Å². The van der Waals surface area contributed by atoms with Gasteiger partial charge in [-0.05, 0) is 49.9 Å². The number of hydrogen-bond donors (Lipinski definition) is 1. The number of ether oxygens (including phenoxy) is 1. The van der Waals surface area contributed by atoms with Gasteiger partial charge in [-0.1, -0.05) is 6.42 Å². The Morgan fingerprint density at radius 1 is 1.14 bits per heavy atom. The summed E-state index contributed by atoms with van der Waals surface area (Å²) >= 11 is 0. The van der Waals surface area contributed by atoms with Gasteiger partial charge in [0.25, 0.3) is 0 Å². The van der Waals surface area contributed by atoms with Gasteiger partial charge in [0.2, 0.25) is 10.0 Å². The molecule has 2 fully saturated rings. The number of Topliss-reactive ketones (excluding diaryl/α,β-unsaturated/α-hetero) is 1. The smallest absolute Gasteiger partial charge is 0.235 e. The second-order valence-corrected chi connectivity index (χ2v) is 7.85. The Labute approximate surface area is 131 Å². The number of carbonyl (C=O) groups excluding carboxylic acids is 1. The van der Waals surface area contributed by atoms with Gasteiger partial charge in [-0.2, -0.15) is 0 Å². The lowest BCUT2D eigenvalue weighted by molar-refractivity contribution is 0.0855. The van der Waals surface area contributed by atoms with Crippen molar-refractivity contribution < 1.29 is 17.9 Å². The van der Waals surface area contributed by atoms with E-state index in [0.29, 0.717) is 17.9 Å². The van der Waals surface area contributed by atoms with E-state index in [1.54, 1.807) is 24.3 Å². The summed E-state index contributed by atoms with van der Waals surface area (Å²) in [6.07, 6.45) is 4.55. The number of ketones is 1. The summed E-state index contributed by atoms with van der Waals surface area (Å²) in [5, 5.41) is 0. The Bertz CT molecular complexity index is 629. The zero-order chi connectivity index (χ0) is 15.6. The number of rotatable bonds is 6. The molecule has 1 aromatic carbocycles. The molecule has 1 unspecified atom stereocenters. The van der Waals surface area contributed by atoms with Gasteiger partial charge in [-0.3, -0.25) is 9.52 Å². The van der Waals surface area contributed by atoms with E-state index in [2.05, 4.69) is 4.72 Å². The van der Waals surface area contributed by atoms with Crippen LogP contribution in [0, 0.1) is 5.92 Å². The molecule has 1 N–H and O–H groups in total. The monoisotopic (exact) mass is 323 g/mol. The highest BCUT2D eigenvalue weighted by Gasteiger charge is 2.26. The molecule has 3 rings (SSSR count). The molecular weight excluding hydrogens is 302 g/mol. The number of nitrogens with one attached hydrogen (secondary N) is 1. The molecule has 1 aliphatic heterocycles. The summed E-state index contributed by atoms with van der Waals surface area (Å²) in [6.45, 7) is 0.637. The molecule has 6 heteroatoms. The summed E-state index contributed by atoms with van der Waals surface area (Å²) in [5.41, 5.74) is 1.15. The standard InChI is InChI=1S/C16H21NO4S/c18-16(12-3-1-4-12)13-6-8-14(9-7-13)17-22(19,20)11-15-5-2-10-21-15/h6-9,12,15,17H,1-5,10-11H2. The summed E-state index contributed by atoms with van der Waals surface area (Å²) in [5.74, 6) is 0.303. The van der Waals surface area contributed by atoms with Crippen molar-refractivity contribution >= 4 is 21.5 Å². The fraction of sp³-hybridized carbons (Fsp3) is 0.562. The maximum absolute atomic E-state index is 12.1. The third-order valence-corrected chi connectivity index (χ3v) is 5.71. The molecule has 1 saturated carbocycles. The highest BCUT2D eigenvalue weighted by Crippen LogP contribution is 2.30. The lowest BCUT2D eigenvalue weighted by Crippen LogP contribution is -2.25. The first kappa shape index (κ1) is 15.5. The van der Waals surface area contributed by atoms with Crippen LogP contribution in [0.5, 0.6) is 0 Å². The van der Waals surface area contributed by atoms with Gasteiger partial charge in [-0.25, -0.2) is 8.42 Å². The maximum Gasteiger partial charge on any atom is 0.235 e. The first-order valence-electron chi connectivity index (χ1n) is 7.80. The van der Waals surface area contributed by atoms with E-state index in [9.17, 15) is 13.2 Å². The van der Waals surface area contributed by atoms with Crippen LogP contribution in [0.4, 0.5) is 5.69 Å². The zero-order valence-electron chi connectivity index (χ0n) is 12.5. The predicted molar refractivity (Wildman–Crippen MR) is 84.5 cm³/mol. The molecule has 22 heavy (non-hydrogen) atoms. The molecule has 1 heterocycles. The number of carbonyl (C=O) groups is 1. The molecule has 1 aromatic rings. The quantitative estimate of drug-likeness (QED) is 0.817. The Morgan fingerprint density at radius 2 is 1.86 bits per heavy atom. The minimum Gasteiger partial charge on any atom is -0.377 e. The van der Waals surface area contributed by atoms with E-state index in [1.807, 2.05) is 0 Å². The third-order valence-electron chi connectivity index (χ3n) is 4.35. The van der Waals surface area contributed by atoms with Crippen LogP contribution in [0.15, 0.2) is 24.3 Å². The van der Waals surface area contributed by atoms with Crippen molar-refractivity contribution in [3.63, 3.8) is 0 Å². The summed E-state index contributed by atoms with van der Waals surface area (Å²) in [7, 11) is -3.42. The average Bonchev–Trinajstić information content (AvgIpc) is 2.89. The Morgan fingerprint density at radius 3 is 2.41 bits per heavy atom. The van der Waals surface area contributed by atoms with E-state index >= 15 is 0 Å². The van der Waals surface area contributed by atoms with Gasteiger partial charge in [0, 0.05) is 23.8 Å². The molecule has 0 radical (unpaired) electrons. The van der Waals surface area contributed by atoms with Gasteiger partial charge in [0.05, 0.1) is 11.9 Å². The third kappa shape index (κ3) is 3.67. The Hall–Kier alpha value is -1.40. The first-order valence-corrected chi connectivity index (χ1v) is 9.45. The van der Waals surface area contributed by atoms with E-state index in [4.69, 9.17) is 4.74 Å². The van der Waals surface area contributed by atoms with Gasteiger partial charge < -0.3 is 4.74 Å². The molecule has 1 atom stereocenters. The van der Waals surface area contributed by atoms with Gasteiger partial charge in [-0.15, -0.1) is 0 Å². The maximum atomic E-state index is 12.1. The number of sulfonamides is 1. The molecule has 0 bridgehead atoms. The predicted octanol–water partition coefficient (Wildman–Crippen LogP) is 2.59. The molecule has 0 aromatic heterocycles. The van der Waals surface area contributed by atoms with Crippen LogP contribution in [0.25, 0.3) is 0 Å². The topological polar surface area (TPSA) is 72.5 Å². The minimum absolute atomic E-state index is 0.0181. The molecule has 0 spiro atoms. The van der Waals surface area contributed by atoms with Crippen LogP contribution in [-0.4, -0.2) is 32.7 Å². The second-order valence-electron chi connectivity index (χ2n) is 6.09. The van der Waals surface area contributed by atoms with Crippen molar-refractivity contribution in [2.75, 3.05) is 17.1 Å². The van der Waals surface area contributed by atoms with Crippen molar-refractivity contribution in [2.24, 2.45) is 5.92 Å². The van der Waals surface area contributed by atoms with E-state index in [1.165, 1.54) is 0 Å². The number of anilines is 1. The van der Waals surface area contributed by atoms with Crippen molar-refractivity contribution in [1.82, 2.24) is 0 Å². The fourth-order valence-corrected chi connectivity index (χ4v) is 4.18. The van der Waals surface area contributed by atoms with Crippen LogP contribution < -0.4 is 4.72 Å². The minimum atomic E-state index is -3.42. The van der Waals surface area contributed by atoms with E-state index in [-0.39, 0.29) is 23.6 Å². The highest BCUT2D eigenvalue weighted by atomic mass is 32.2. The van der Waals surface area contributed by atoms with Crippen molar-refractivity contribution in [2.45, 2.75) is 38.2 Å². The largest absolute Gasteiger partial charge is 0.377 e. The summed E-state index contributed by atoms with van der Waals surface area (Å²) in [6, 6.07) is 6.70. The molecule has 120 valence electrons. The van der Waals surface area contributed by atoms with Gasteiger partial charge in [0.1, 0.15) is 0 Å². The molecule has 1 saturated heterocycles. The first-order chi connectivity index (χ1) is 10.5. The Balaban J connectivity index is 1.61. The highest BCUT2D eigenvalue weighted by molar-refractivity contribution is 7.92. The van der Waals surface area contributed by atoms with Crippen LogP contribution in [-0.2, 0) is 14.8 Å². The number of benzene rings is 1. The number of hydrogen-bond acceptors (Lipinski definition) is 4. The zero-order valence-corrected chi connectivity index (χ0v) is 13.3. The summed E-state index contributed by atoms with van der Waals surface area (Å²) < 4.78 is 32.1. The van der Waals surface area contributed by atoms with E-state index < -0.39 is 10.0 Å². The molecular formula is C16H21NO4S. The SMILES string of the molecule is O=C(c1ccc(NS(=O)(=O)CC2CCCO2)cc1)C1CCC1. The lowest BCUT2D eigenvalue weighted by atomic mass is 9.80. The van der Waals surface area contributed by atoms with Gasteiger partial charge in [0.15, 0.2) is 5.78 Å². The molecule has 0 amide bonds. The van der Waals surface area contributed by atoms with Gasteiger partial charge >= 0.3 is 0 Å². The fourth-order valence-electron chi connectivity index (χ4n) is 2.85. The van der Waals surface area contributed by atoms with E-state index in [0.717, 1.165) is 32.1 Å². The molecule has 1 aliphatic carbocycles. The van der Waals surface area contributed by atoms with Crippen molar-refractivity contribution in [1.29, 1.82) is 0 Å². The lowest BCUT2D eigenvalue weighted by Gasteiger charge is -2.23. The van der Waals surface area contributed by atoms with Crippen molar-refractivity contribution in [3.05, 3.63) is 29.8 Å². The average molecular weight is 323 g/mol. The molecule has 5 nitrogen and oxygen atoms in total. The van der Waals surface area contributed by atoms with Crippen LogP contribution in [0.2, 0.25) is 0 Å². The molecule has 2 aliphatic rings.